The number of ether oxygens (including phenoxy) is 2. The van der Waals surface area contributed by atoms with E-state index in [-0.39, 0.29) is 0 Å². The number of rotatable bonds is 2. The Morgan fingerprint density at radius 3 is 2.47 bits per heavy atom. The molecule has 2 nitrogen and oxygen atoms in total. The minimum absolute atomic E-state index is 0.593. The lowest BCUT2D eigenvalue weighted by atomic mass is 10.2. The molecule has 2 rings (SSSR count). The first kappa shape index (κ1) is 10.9. The molecule has 1 heterocycles. The summed E-state index contributed by atoms with van der Waals surface area (Å²) in [5.41, 5.74) is 0. The molecule has 1 aromatic carbocycles. The van der Waals surface area contributed by atoms with Gasteiger partial charge in [-0.1, -0.05) is 23.2 Å². The van der Waals surface area contributed by atoms with E-state index in [4.69, 9.17) is 32.7 Å². The van der Waals surface area contributed by atoms with Crippen LogP contribution in [0.3, 0.4) is 0 Å². The van der Waals surface area contributed by atoms with Crippen LogP contribution in [0.1, 0.15) is 0 Å². The molecule has 0 atom stereocenters. The molecule has 2 aromatic rings. The highest BCUT2D eigenvalue weighted by Gasteiger charge is 2.16. The number of fused-ring (bicyclic) bond motifs is 1. The van der Waals surface area contributed by atoms with E-state index in [0.29, 0.717) is 21.5 Å². The minimum atomic E-state index is 0.593. The van der Waals surface area contributed by atoms with Crippen LogP contribution < -0.4 is 9.47 Å². The number of methoxy groups -OCH3 is 2. The van der Waals surface area contributed by atoms with Crippen molar-refractivity contribution in [3.8, 4) is 11.5 Å². The molecule has 0 aliphatic heterocycles. The monoisotopic (exact) mass is 262 g/mol. The van der Waals surface area contributed by atoms with Crippen LogP contribution in [0.25, 0.3) is 10.1 Å². The third kappa shape index (κ3) is 1.65. The van der Waals surface area contributed by atoms with Crippen molar-refractivity contribution < 1.29 is 9.47 Å². The molecule has 5 heteroatoms. The summed E-state index contributed by atoms with van der Waals surface area (Å²) in [7, 11) is 3.15. The molecule has 1 aromatic heterocycles. The zero-order valence-corrected chi connectivity index (χ0v) is 10.5. The quantitative estimate of drug-likeness (QED) is 0.807. The van der Waals surface area contributed by atoms with E-state index < -0.39 is 0 Å². The van der Waals surface area contributed by atoms with E-state index in [0.717, 1.165) is 10.1 Å². The molecular formula is C10H8Cl2O2S. The Bertz CT molecular complexity index is 508. The number of hydrogen-bond donors (Lipinski definition) is 0. The van der Waals surface area contributed by atoms with Gasteiger partial charge in [-0.05, 0) is 0 Å². The lowest BCUT2D eigenvalue weighted by Gasteiger charge is -2.09. The Morgan fingerprint density at radius 1 is 1.13 bits per heavy atom. The highest BCUT2D eigenvalue weighted by Crippen LogP contribution is 2.46. The van der Waals surface area contributed by atoms with Gasteiger partial charge in [0.2, 0.25) is 0 Å². The highest BCUT2D eigenvalue weighted by molar-refractivity contribution is 7.18. The van der Waals surface area contributed by atoms with Crippen molar-refractivity contribution in [2.75, 3.05) is 14.2 Å². The van der Waals surface area contributed by atoms with Gasteiger partial charge in [-0.25, -0.2) is 0 Å². The van der Waals surface area contributed by atoms with Gasteiger partial charge in [-0.15, -0.1) is 11.3 Å². The van der Waals surface area contributed by atoms with Gasteiger partial charge in [0.25, 0.3) is 0 Å². The third-order valence-electron chi connectivity index (χ3n) is 2.10. The Morgan fingerprint density at radius 2 is 1.87 bits per heavy atom. The normalized spacial score (nSPS) is 10.7. The predicted molar refractivity (Wildman–Crippen MR) is 64.9 cm³/mol. The van der Waals surface area contributed by atoms with E-state index >= 15 is 0 Å². The molecule has 0 unspecified atom stereocenters. The molecule has 80 valence electrons. The van der Waals surface area contributed by atoms with Gasteiger partial charge in [0, 0.05) is 11.4 Å². The summed E-state index contributed by atoms with van der Waals surface area (Å²) < 4.78 is 11.4. The maximum absolute atomic E-state index is 6.10. The molecule has 0 saturated carbocycles. The lowest BCUT2D eigenvalue weighted by molar-refractivity contribution is 0.358. The zero-order valence-electron chi connectivity index (χ0n) is 8.14. The van der Waals surface area contributed by atoms with E-state index in [9.17, 15) is 0 Å². The van der Waals surface area contributed by atoms with Gasteiger partial charge in [-0.3, -0.25) is 0 Å². The van der Waals surface area contributed by atoms with Crippen molar-refractivity contribution in [1.29, 1.82) is 0 Å². The molecule has 0 N–H and O–H groups in total. The van der Waals surface area contributed by atoms with E-state index in [1.807, 2.05) is 5.38 Å². The third-order valence-corrected chi connectivity index (χ3v) is 3.95. The first-order valence-electron chi connectivity index (χ1n) is 4.16. The zero-order chi connectivity index (χ0) is 11.0. The molecule has 0 aliphatic rings. The summed E-state index contributed by atoms with van der Waals surface area (Å²) in [5.74, 6) is 1.22. The first-order chi connectivity index (χ1) is 7.19. The van der Waals surface area contributed by atoms with E-state index in [1.165, 1.54) is 11.3 Å². The van der Waals surface area contributed by atoms with Gasteiger partial charge in [0.15, 0.2) is 11.5 Å². The molecule has 0 bridgehead atoms. The maximum atomic E-state index is 6.10. The Labute approximate surface area is 101 Å². The van der Waals surface area contributed by atoms with Crippen molar-refractivity contribution in [2.45, 2.75) is 0 Å². The van der Waals surface area contributed by atoms with Gasteiger partial charge in [-0.2, -0.15) is 0 Å². The lowest BCUT2D eigenvalue weighted by Crippen LogP contribution is -1.91. The van der Waals surface area contributed by atoms with Crippen molar-refractivity contribution in [3.05, 3.63) is 21.5 Å². The second-order valence-electron chi connectivity index (χ2n) is 2.88. The fourth-order valence-corrected chi connectivity index (χ4v) is 2.98. The van der Waals surface area contributed by atoms with Crippen LogP contribution in [0.15, 0.2) is 11.4 Å². The van der Waals surface area contributed by atoms with Crippen LogP contribution in [-0.2, 0) is 0 Å². The van der Waals surface area contributed by atoms with Crippen molar-refractivity contribution in [3.63, 3.8) is 0 Å². The molecule has 0 saturated heterocycles. The number of halogens is 2. The SMILES string of the molecule is COc1cc(Cl)c2scc(Cl)c2c1OC. The fourth-order valence-electron chi connectivity index (χ4n) is 1.45. The average Bonchev–Trinajstić information content (AvgIpc) is 2.61. The maximum Gasteiger partial charge on any atom is 0.170 e. The van der Waals surface area contributed by atoms with Crippen LogP contribution >= 0.6 is 34.5 Å². The Kier molecular flexibility index (Phi) is 2.96. The topological polar surface area (TPSA) is 18.5 Å². The smallest absolute Gasteiger partial charge is 0.170 e. The minimum Gasteiger partial charge on any atom is -0.493 e. The summed E-state index contributed by atoms with van der Waals surface area (Å²) in [5, 5.41) is 3.90. The molecule has 0 fully saturated rings. The summed E-state index contributed by atoms with van der Waals surface area (Å²) in [6.07, 6.45) is 0. The van der Waals surface area contributed by atoms with Crippen LogP contribution in [0.4, 0.5) is 0 Å². The highest BCUT2D eigenvalue weighted by atomic mass is 35.5. The molecular weight excluding hydrogens is 255 g/mol. The molecule has 0 amide bonds. The van der Waals surface area contributed by atoms with Crippen LogP contribution in [0, 0.1) is 0 Å². The fraction of sp³-hybridized carbons (Fsp3) is 0.200. The van der Waals surface area contributed by atoms with E-state index in [2.05, 4.69) is 0 Å². The Hall–Kier alpha value is -0.640. The van der Waals surface area contributed by atoms with Gasteiger partial charge < -0.3 is 9.47 Å². The average molecular weight is 263 g/mol. The van der Waals surface area contributed by atoms with Gasteiger partial charge in [0.05, 0.1) is 34.4 Å². The summed E-state index contributed by atoms with van der Waals surface area (Å²) in [4.78, 5) is 0. The van der Waals surface area contributed by atoms with Crippen molar-refractivity contribution in [1.82, 2.24) is 0 Å². The number of hydrogen-bond acceptors (Lipinski definition) is 3. The van der Waals surface area contributed by atoms with Crippen molar-refractivity contribution >= 4 is 44.6 Å². The summed E-state index contributed by atoms with van der Waals surface area (Å²) in [6, 6.07) is 1.73. The Balaban J connectivity index is 2.89. The second-order valence-corrected chi connectivity index (χ2v) is 4.58. The largest absolute Gasteiger partial charge is 0.493 e. The van der Waals surface area contributed by atoms with E-state index in [1.54, 1.807) is 20.3 Å². The van der Waals surface area contributed by atoms with Crippen LogP contribution in [-0.4, -0.2) is 14.2 Å². The molecule has 0 aliphatic carbocycles. The first-order valence-corrected chi connectivity index (χ1v) is 5.79. The van der Waals surface area contributed by atoms with Gasteiger partial charge in [0.1, 0.15) is 0 Å². The van der Waals surface area contributed by atoms with Gasteiger partial charge >= 0.3 is 0 Å². The van der Waals surface area contributed by atoms with Crippen LogP contribution in [0.2, 0.25) is 10.0 Å². The predicted octanol–water partition coefficient (Wildman–Crippen LogP) is 4.23. The van der Waals surface area contributed by atoms with Crippen LogP contribution in [0.5, 0.6) is 11.5 Å². The van der Waals surface area contributed by atoms with Crippen molar-refractivity contribution in [2.24, 2.45) is 0 Å². The number of thiophene rings is 1. The number of benzene rings is 1. The molecule has 0 radical (unpaired) electrons. The molecule has 0 spiro atoms. The standard InChI is InChI=1S/C10H8Cl2O2S/c1-13-7-3-5(11)10-8(9(7)14-2)6(12)4-15-10/h3-4H,1-2H3. The second kappa shape index (κ2) is 4.08. The molecule has 15 heavy (non-hydrogen) atoms. The summed E-state index contributed by atoms with van der Waals surface area (Å²) in [6.45, 7) is 0. The summed E-state index contributed by atoms with van der Waals surface area (Å²) >= 11 is 13.7.